The van der Waals surface area contributed by atoms with E-state index in [-0.39, 0.29) is 42.0 Å². The van der Waals surface area contributed by atoms with Crippen LogP contribution in [0.3, 0.4) is 0 Å². The minimum absolute atomic E-state index is 0.00555. The van der Waals surface area contributed by atoms with E-state index in [9.17, 15) is 14.4 Å². The van der Waals surface area contributed by atoms with E-state index in [0.29, 0.717) is 66.7 Å². The van der Waals surface area contributed by atoms with E-state index in [2.05, 4.69) is 9.97 Å². The fraction of sp³-hybridized carbons (Fsp3) is 0.385. The van der Waals surface area contributed by atoms with Crippen molar-refractivity contribution in [1.82, 2.24) is 19.8 Å². The summed E-state index contributed by atoms with van der Waals surface area (Å²) < 4.78 is 11.3. The number of halogens is 2. The number of hydrogen-bond donors (Lipinski definition) is 1. The Morgan fingerprint density at radius 1 is 1.18 bits per heavy atom. The molecule has 2 fully saturated rings. The fourth-order valence-electron chi connectivity index (χ4n) is 4.48. The maximum absolute atomic E-state index is 13.6. The van der Waals surface area contributed by atoms with Crippen molar-refractivity contribution in [2.75, 3.05) is 38.6 Å². The molecule has 2 aliphatic heterocycles. The van der Waals surface area contributed by atoms with E-state index in [4.69, 9.17) is 32.7 Å². The second-order valence-corrected chi connectivity index (χ2v) is 14.6. The Morgan fingerprint density at radius 3 is 2.72 bits per heavy atom. The number of morpholine rings is 1. The van der Waals surface area contributed by atoms with Gasteiger partial charge >= 0.3 is 217 Å². The van der Waals surface area contributed by atoms with Crippen LogP contribution in [0.1, 0.15) is 12.8 Å². The average Bonchev–Trinajstić information content (AvgIpc) is 2.95. The third-order valence-electron chi connectivity index (χ3n) is 6.55. The number of rotatable bonds is 6. The quantitative estimate of drug-likeness (QED) is 0.390. The molecule has 0 aliphatic carbocycles. The molecule has 1 aromatic heterocycles. The van der Waals surface area contributed by atoms with Crippen molar-refractivity contribution in [1.29, 1.82) is 0 Å². The van der Waals surface area contributed by atoms with Crippen molar-refractivity contribution in [3.05, 3.63) is 56.8 Å². The molecule has 2 aromatic carbocycles. The molecule has 0 bridgehead atoms. The van der Waals surface area contributed by atoms with Crippen LogP contribution in [0.25, 0.3) is 22.3 Å². The summed E-state index contributed by atoms with van der Waals surface area (Å²) in [5.41, 5.74) is 0.439. The molecule has 0 unspecified atom stereocenters. The molecule has 206 valence electrons. The van der Waals surface area contributed by atoms with Gasteiger partial charge in [0.25, 0.3) is 0 Å². The molecule has 9 nitrogen and oxygen atoms in total. The topological polar surface area (TPSA) is 105 Å². The Kier molecular flexibility index (Phi) is 9.37. The van der Waals surface area contributed by atoms with Gasteiger partial charge < -0.3 is 0 Å². The van der Waals surface area contributed by atoms with Gasteiger partial charge in [0.1, 0.15) is 0 Å². The van der Waals surface area contributed by atoms with Crippen LogP contribution in [0.2, 0.25) is 15.4 Å². The number of carbonyl (C=O) groups excluding carboxylic acids is 2. The molecule has 1 atom stereocenters. The number of nitrogens with zero attached hydrogens (tertiary/aromatic N) is 3. The summed E-state index contributed by atoms with van der Waals surface area (Å²) in [6, 6.07) is 9.60. The van der Waals surface area contributed by atoms with Crippen molar-refractivity contribution < 1.29 is 19.1 Å². The first-order valence-corrected chi connectivity index (χ1v) is 17.4. The molecular weight excluding hydrogens is 630 g/mol. The molecule has 0 saturated carbocycles. The molecule has 13 heteroatoms. The Morgan fingerprint density at radius 2 is 1.95 bits per heavy atom. The Hall–Kier alpha value is -2.27. The minimum atomic E-state index is -0.553. The predicted octanol–water partition coefficient (Wildman–Crippen LogP) is 4.49. The van der Waals surface area contributed by atoms with Gasteiger partial charge in [0.05, 0.1) is 0 Å². The number of ether oxygens (including phenoxy) is 2. The second kappa shape index (κ2) is 12.9. The summed E-state index contributed by atoms with van der Waals surface area (Å²) in [4.78, 5) is 50.0. The number of carbonyl (C=O) groups is 2. The number of aromatic amines is 1. The van der Waals surface area contributed by atoms with Gasteiger partial charge in [0, 0.05) is 5.02 Å². The third kappa shape index (κ3) is 6.90. The van der Waals surface area contributed by atoms with Crippen LogP contribution in [0.4, 0.5) is 4.79 Å². The molecular formula is C26H26Cl2N4O5SSe. The molecule has 39 heavy (non-hydrogen) atoms. The first-order valence-electron chi connectivity index (χ1n) is 12.5. The van der Waals surface area contributed by atoms with Crippen LogP contribution in [0.15, 0.2) is 41.2 Å². The number of amides is 2. The third-order valence-corrected chi connectivity index (χ3v) is 11.3. The van der Waals surface area contributed by atoms with Crippen molar-refractivity contribution in [2.45, 2.75) is 24.2 Å². The number of fused-ring (bicyclic) bond motifs is 1. The van der Waals surface area contributed by atoms with Gasteiger partial charge in [0.15, 0.2) is 0 Å². The van der Waals surface area contributed by atoms with Crippen molar-refractivity contribution >= 4 is 70.1 Å². The number of H-pyrrole nitrogens is 1. The summed E-state index contributed by atoms with van der Waals surface area (Å²) in [5.74, 6) is 1.22. The van der Waals surface area contributed by atoms with Gasteiger partial charge in [-0.2, -0.15) is 0 Å². The first kappa shape index (κ1) is 28.3. The predicted molar refractivity (Wildman–Crippen MR) is 154 cm³/mol. The Balaban J connectivity index is 1.40. The standard InChI is InChI=1S/C26H26Cl2N4O5SSe/c27-16-1-3-21-19(13-16)25(34)30-24(29-21)20-14-17(28)2-4-22(20)37-26(35)32(18-6-12-39-38-15-18)7-5-23(33)31-8-10-36-11-9-31/h1-4,13-14,18H,5-12,15H2,(H,29,30,34)/t18-/m0/s1. The molecule has 5 rings (SSSR count). The van der Waals surface area contributed by atoms with Gasteiger partial charge in [0.2, 0.25) is 0 Å². The Bertz CT molecular complexity index is 1430. The summed E-state index contributed by atoms with van der Waals surface area (Å²) in [6.45, 7) is 2.42. The van der Waals surface area contributed by atoms with E-state index in [0.717, 1.165) is 17.5 Å². The van der Waals surface area contributed by atoms with Gasteiger partial charge in [-0.15, -0.1) is 0 Å². The molecule has 2 saturated heterocycles. The maximum atomic E-state index is 13.6. The summed E-state index contributed by atoms with van der Waals surface area (Å²) in [5, 5.41) is 2.21. The van der Waals surface area contributed by atoms with Crippen molar-refractivity contribution in [2.24, 2.45) is 0 Å². The SMILES string of the molecule is O=C(CCN(C(=O)Oc1ccc(Cl)cc1-c1nc2ccc(Cl)cc2c(=O)[nH]1)[C@H]1CC[Se]SC1)N1CCOCC1. The van der Waals surface area contributed by atoms with Gasteiger partial charge in [-0.1, -0.05) is 11.6 Å². The number of hydrogen-bond acceptors (Lipinski definition) is 7. The van der Waals surface area contributed by atoms with Crippen molar-refractivity contribution in [3.63, 3.8) is 0 Å². The molecule has 0 spiro atoms. The number of aromatic nitrogens is 2. The molecule has 1 N–H and O–H groups in total. The van der Waals surface area contributed by atoms with Crippen LogP contribution in [0, 0.1) is 0 Å². The van der Waals surface area contributed by atoms with Crippen molar-refractivity contribution in [3.8, 4) is 17.1 Å². The molecule has 3 aromatic rings. The van der Waals surface area contributed by atoms with E-state index >= 15 is 0 Å². The van der Waals surface area contributed by atoms with Gasteiger partial charge in [-0.25, -0.2) is 0 Å². The van der Waals surface area contributed by atoms with Gasteiger partial charge in [-0.3, -0.25) is 0 Å². The monoisotopic (exact) mass is 656 g/mol. The van der Waals surface area contributed by atoms with Gasteiger partial charge in [-0.05, 0) is 12.1 Å². The zero-order chi connectivity index (χ0) is 27.4. The van der Waals surface area contributed by atoms with Crippen LogP contribution in [0.5, 0.6) is 5.75 Å². The van der Waals surface area contributed by atoms with Crippen LogP contribution < -0.4 is 10.3 Å². The van der Waals surface area contributed by atoms with Crippen LogP contribution in [-0.2, 0) is 9.53 Å². The summed E-state index contributed by atoms with van der Waals surface area (Å²) in [7, 11) is 1.85. The van der Waals surface area contributed by atoms with E-state index in [1.54, 1.807) is 46.2 Å². The molecule has 2 amide bonds. The summed E-state index contributed by atoms with van der Waals surface area (Å²) >= 11 is 12.8. The summed E-state index contributed by atoms with van der Waals surface area (Å²) in [6.07, 6.45) is 0.517. The Labute approximate surface area is 244 Å². The zero-order valence-corrected chi connectivity index (χ0v) is 24.9. The normalized spacial score (nSPS) is 17.7. The number of benzene rings is 2. The number of nitrogens with one attached hydrogen (secondary N) is 1. The van der Waals surface area contributed by atoms with E-state index in [1.165, 1.54) is 0 Å². The van der Waals surface area contributed by atoms with E-state index < -0.39 is 6.09 Å². The average molecular weight is 656 g/mol. The fourth-order valence-corrected chi connectivity index (χ4v) is 9.15. The zero-order valence-electron chi connectivity index (χ0n) is 20.9. The van der Waals surface area contributed by atoms with Crippen LogP contribution in [-0.4, -0.2) is 90.2 Å². The van der Waals surface area contributed by atoms with E-state index in [1.807, 2.05) is 10.2 Å². The molecule has 3 heterocycles. The molecule has 2 aliphatic rings. The molecule has 0 radical (unpaired) electrons. The first-order chi connectivity index (χ1) is 18.9. The van der Waals surface area contributed by atoms with Crippen LogP contribution >= 0.6 is 33.4 Å². The second-order valence-electron chi connectivity index (χ2n) is 9.07.